The van der Waals surface area contributed by atoms with Gasteiger partial charge in [-0.15, -0.1) is 10.2 Å². The zero-order valence-corrected chi connectivity index (χ0v) is 13.1. The standard InChI is InChI=1S/C13H24N6O2/c1-9(11-15-17-18-16-11)14-10-5-7-19(8-6-10)12(20)21-13(2,3)4/h9-10,14H,5-8H2,1-4H3,(H,15,16,17,18). The summed E-state index contributed by atoms with van der Waals surface area (Å²) in [5, 5.41) is 17.4. The minimum atomic E-state index is -0.445. The summed E-state index contributed by atoms with van der Waals surface area (Å²) in [6.07, 6.45) is 1.55. The van der Waals surface area contributed by atoms with Gasteiger partial charge in [0.1, 0.15) is 5.60 Å². The van der Waals surface area contributed by atoms with Crippen LogP contribution in [0.5, 0.6) is 0 Å². The zero-order valence-electron chi connectivity index (χ0n) is 13.1. The predicted molar refractivity (Wildman–Crippen MR) is 76.6 cm³/mol. The molecule has 1 aromatic rings. The van der Waals surface area contributed by atoms with Gasteiger partial charge in [-0.2, -0.15) is 5.21 Å². The number of H-pyrrole nitrogens is 1. The molecule has 1 saturated heterocycles. The van der Waals surface area contributed by atoms with Gasteiger partial charge in [-0.3, -0.25) is 0 Å². The van der Waals surface area contributed by atoms with E-state index in [2.05, 4.69) is 25.9 Å². The number of amides is 1. The van der Waals surface area contributed by atoms with Crippen LogP contribution in [0.15, 0.2) is 0 Å². The van der Waals surface area contributed by atoms with Crippen LogP contribution in [0, 0.1) is 0 Å². The molecular formula is C13H24N6O2. The van der Waals surface area contributed by atoms with E-state index in [-0.39, 0.29) is 12.1 Å². The maximum absolute atomic E-state index is 12.0. The molecule has 1 fully saturated rings. The average molecular weight is 296 g/mol. The number of hydrogen-bond donors (Lipinski definition) is 2. The molecule has 2 N–H and O–H groups in total. The van der Waals surface area contributed by atoms with Crippen molar-refractivity contribution in [2.75, 3.05) is 13.1 Å². The van der Waals surface area contributed by atoms with Crippen LogP contribution in [0.2, 0.25) is 0 Å². The topological polar surface area (TPSA) is 96.0 Å². The van der Waals surface area contributed by atoms with Crippen LogP contribution in [0.4, 0.5) is 4.79 Å². The van der Waals surface area contributed by atoms with E-state index >= 15 is 0 Å². The highest BCUT2D eigenvalue weighted by Gasteiger charge is 2.27. The third kappa shape index (κ3) is 4.66. The minimum Gasteiger partial charge on any atom is -0.444 e. The van der Waals surface area contributed by atoms with Crippen molar-refractivity contribution < 1.29 is 9.53 Å². The van der Waals surface area contributed by atoms with Crippen LogP contribution in [0.1, 0.15) is 52.4 Å². The highest BCUT2D eigenvalue weighted by Crippen LogP contribution is 2.17. The summed E-state index contributed by atoms with van der Waals surface area (Å²) >= 11 is 0. The fourth-order valence-corrected chi connectivity index (χ4v) is 2.34. The lowest BCUT2D eigenvalue weighted by Gasteiger charge is -2.34. The fraction of sp³-hybridized carbons (Fsp3) is 0.846. The molecule has 0 radical (unpaired) electrons. The van der Waals surface area contributed by atoms with Crippen LogP contribution in [0.3, 0.4) is 0 Å². The lowest BCUT2D eigenvalue weighted by molar-refractivity contribution is 0.0196. The van der Waals surface area contributed by atoms with Crippen LogP contribution < -0.4 is 5.32 Å². The van der Waals surface area contributed by atoms with Crippen LogP contribution in [0.25, 0.3) is 0 Å². The summed E-state index contributed by atoms with van der Waals surface area (Å²) in [6.45, 7) is 9.05. The first kappa shape index (κ1) is 15.7. The van der Waals surface area contributed by atoms with Crippen molar-refractivity contribution in [3.8, 4) is 0 Å². The number of rotatable bonds is 3. The van der Waals surface area contributed by atoms with Gasteiger partial charge in [0.15, 0.2) is 5.82 Å². The maximum atomic E-state index is 12.0. The number of hydrogen-bond acceptors (Lipinski definition) is 6. The molecule has 1 aliphatic heterocycles. The van der Waals surface area contributed by atoms with Gasteiger partial charge in [-0.25, -0.2) is 4.79 Å². The summed E-state index contributed by atoms with van der Waals surface area (Å²) in [7, 11) is 0. The molecule has 21 heavy (non-hydrogen) atoms. The highest BCUT2D eigenvalue weighted by atomic mass is 16.6. The Bertz CT molecular complexity index is 448. The first-order valence-electron chi connectivity index (χ1n) is 7.32. The first-order valence-corrected chi connectivity index (χ1v) is 7.32. The third-order valence-electron chi connectivity index (χ3n) is 3.38. The summed E-state index contributed by atoms with van der Waals surface area (Å²) in [5.41, 5.74) is -0.445. The molecule has 0 spiro atoms. The summed E-state index contributed by atoms with van der Waals surface area (Å²) in [6, 6.07) is 0.388. The van der Waals surface area contributed by atoms with Crippen molar-refractivity contribution in [2.45, 2.75) is 58.2 Å². The monoisotopic (exact) mass is 296 g/mol. The normalized spacial score (nSPS) is 18.6. The molecule has 0 bridgehead atoms. The number of carbonyl (C=O) groups excluding carboxylic acids is 1. The van der Waals surface area contributed by atoms with Gasteiger partial charge in [0.25, 0.3) is 0 Å². The molecule has 0 aromatic carbocycles. The SMILES string of the molecule is CC(NC1CCN(C(=O)OC(C)(C)C)CC1)c1nn[nH]n1. The van der Waals surface area contributed by atoms with Gasteiger partial charge in [0, 0.05) is 19.1 Å². The largest absolute Gasteiger partial charge is 0.444 e. The van der Waals surface area contributed by atoms with Crippen molar-refractivity contribution in [3.63, 3.8) is 0 Å². The van der Waals surface area contributed by atoms with Gasteiger partial charge in [-0.1, -0.05) is 5.21 Å². The maximum Gasteiger partial charge on any atom is 0.410 e. The summed E-state index contributed by atoms with van der Waals surface area (Å²) < 4.78 is 5.39. The molecular weight excluding hydrogens is 272 g/mol. The number of nitrogens with zero attached hydrogens (tertiary/aromatic N) is 4. The third-order valence-corrected chi connectivity index (χ3v) is 3.38. The molecule has 1 atom stereocenters. The number of piperidine rings is 1. The second-order valence-corrected chi connectivity index (χ2v) is 6.40. The molecule has 1 amide bonds. The van der Waals surface area contributed by atoms with Crippen molar-refractivity contribution in [1.82, 2.24) is 30.8 Å². The van der Waals surface area contributed by atoms with Crippen LogP contribution in [-0.2, 0) is 4.74 Å². The first-order chi connectivity index (χ1) is 9.85. The molecule has 2 heterocycles. The van der Waals surface area contributed by atoms with E-state index in [0.717, 1.165) is 12.8 Å². The van der Waals surface area contributed by atoms with E-state index in [0.29, 0.717) is 25.0 Å². The zero-order chi connectivity index (χ0) is 15.5. The van der Waals surface area contributed by atoms with E-state index < -0.39 is 5.60 Å². The quantitative estimate of drug-likeness (QED) is 0.871. The summed E-state index contributed by atoms with van der Waals surface area (Å²) in [4.78, 5) is 13.7. The molecule has 118 valence electrons. The summed E-state index contributed by atoms with van der Waals surface area (Å²) in [5.74, 6) is 0.657. The van der Waals surface area contributed by atoms with Gasteiger partial charge < -0.3 is 15.0 Å². The van der Waals surface area contributed by atoms with Crippen molar-refractivity contribution in [3.05, 3.63) is 5.82 Å². The number of aromatic nitrogens is 4. The lowest BCUT2D eigenvalue weighted by Crippen LogP contribution is -2.47. The smallest absolute Gasteiger partial charge is 0.410 e. The molecule has 8 nitrogen and oxygen atoms in total. The Hall–Kier alpha value is -1.70. The van der Waals surface area contributed by atoms with Gasteiger partial charge in [0.05, 0.1) is 6.04 Å². The average Bonchev–Trinajstić information content (AvgIpc) is 2.91. The highest BCUT2D eigenvalue weighted by molar-refractivity contribution is 5.68. The minimum absolute atomic E-state index is 0.0434. The Kier molecular flexibility index (Phi) is 4.76. The Morgan fingerprint density at radius 2 is 2.10 bits per heavy atom. The van der Waals surface area contributed by atoms with Crippen molar-refractivity contribution in [1.29, 1.82) is 0 Å². The number of nitrogens with one attached hydrogen (secondary N) is 2. The van der Waals surface area contributed by atoms with E-state index in [1.807, 2.05) is 27.7 Å². The lowest BCUT2D eigenvalue weighted by atomic mass is 10.0. The van der Waals surface area contributed by atoms with E-state index in [1.165, 1.54) is 0 Å². The van der Waals surface area contributed by atoms with Crippen molar-refractivity contribution in [2.24, 2.45) is 0 Å². The Morgan fingerprint density at radius 1 is 1.43 bits per heavy atom. The Labute approximate surface area is 124 Å². The van der Waals surface area contributed by atoms with E-state index in [1.54, 1.807) is 4.90 Å². The van der Waals surface area contributed by atoms with Crippen LogP contribution in [-0.4, -0.2) is 56.3 Å². The fourth-order valence-electron chi connectivity index (χ4n) is 2.34. The molecule has 1 aromatic heterocycles. The van der Waals surface area contributed by atoms with Gasteiger partial charge in [-0.05, 0) is 40.5 Å². The molecule has 0 saturated carbocycles. The second kappa shape index (κ2) is 6.38. The molecule has 0 aliphatic carbocycles. The number of carbonyl (C=O) groups is 1. The number of ether oxygens (including phenoxy) is 1. The number of tetrazole rings is 1. The second-order valence-electron chi connectivity index (χ2n) is 6.40. The number of aromatic amines is 1. The van der Waals surface area contributed by atoms with Crippen molar-refractivity contribution >= 4 is 6.09 Å². The van der Waals surface area contributed by atoms with Gasteiger partial charge in [0.2, 0.25) is 0 Å². The van der Waals surface area contributed by atoms with E-state index in [4.69, 9.17) is 4.74 Å². The van der Waals surface area contributed by atoms with Crippen LogP contribution >= 0.6 is 0 Å². The van der Waals surface area contributed by atoms with Gasteiger partial charge >= 0.3 is 6.09 Å². The Morgan fingerprint density at radius 3 is 2.62 bits per heavy atom. The molecule has 8 heteroatoms. The molecule has 1 aliphatic rings. The number of likely N-dealkylation sites (tertiary alicyclic amines) is 1. The Balaban J connectivity index is 1.77. The molecule has 1 unspecified atom stereocenters. The predicted octanol–water partition coefficient (Wildman–Crippen LogP) is 1.25. The van der Waals surface area contributed by atoms with E-state index in [9.17, 15) is 4.79 Å². The molecule has 2 rings (SSSR count).